The van der Waals surface area contributed by atoms with Crippen LogP contribution in [-0.2, 0) is 0 Å². The van der Waals surface area contributed by atoms with Gasteiger partial charge < -0.3 is 15.5 Å². The number of piperidine rings is 1. The molecule has 4 rings (SSSR count). The highest BCUT2D eigenvalue weighted by Crippen LogP contribution is 2.19. The highest BCUT2D eigenvalue weighted by molar-refractivity contribution is 6.06. The van der Waals surface area contributed by atoms with Crippen molar-refractivity contribution in [3.05, 3.63) is 84.1 Å². The SMILES string of the molecule is O=C(Nc1ccc(C(=O)Nc2ccc(N3CCCCC3)nc2)cc1)c1ccccc1. The largest absolute Gasteiger partial charge is 0.357 e. The van der Waals surface area contributed by atoms with E-state index >= 15 is 0 Å². The van der Waals surface area contributed by atoms with Gasteiger partial charge in [0.1, 0.15) is 5.82 Å². The van der Waals surface area contributed by atoms with E-state index in [4.69, 9.17) is 0 Å². The standard InChI is InChI=1S/C24H24N4O2/c29-23(18-7-3-1-4-8-18)26-20-11-9-19(10-12-20)24(30)27-21-13-14-22(25-17-21)28-15-5-2-6-16-28/h1,3-4,7-14,17H,2,5-6,15-16H2,(H,26,29)(H,27,30). The number of benzene rings is 2. The molecule has 6 heteroatoms. The van der Waals surface area contributed by atoms with Gasteiger partial charge in [-0.2, -0.15) is 0 Å². The number of pyridine rings is 1. The second-order valence-electron chi connectivity index (χ2n) is 7.30. The van der Waals surface area contributed by atoms with E-state index < -0.39 is 0 Å². The van der Waals surface area contributed by atoms with E-state index in [1.165, 1.54) is 19.3 Å². The van der Waals surface area contributed by atoms with Gasteiger partial charge in [0, 0.05) is 29.9 Å². The average Bonchev–Trinajstić information content (AvgIpc) is 2.81. The van der Waals surface area contributed by atoms with Gasteiger partial charge in [-0.1, -0.05) is 18.2 Å². The Morgan fingerprint density at radius 1 is 0.700 bits per heavy atom. The molecule has 2 heterocycles. The van der Waals surface area contributed by atoms with Crippen LogP contribution >= 0.6 is 0 Å². The molecule has 6 nitrogen and oxygen atoms in total. The third kappa shape index (κ3) is 4.84. The van der Waals surface area contributed by atoms with Crippen molar-refractivity contribution in [1.29, 1.82) is 0 Å². The molecule has 1 aliphatic heterocycles. The molecular formula is C24H24N4O2. The number of amides is 2. The molecule has 0 aliphatic carbocycles. The van der Waals surface area contributed by atoms with Crippen LogP contribution in [0.5, 0.6) is 0 Å². The maximum Gasteiger partial charge on any atom is 0.255 e. The van der Waals surface area contributed by atoms with Crippen molar-refractivity contribution < 1.29 is 9.59 Å². The van der Waals surface area contributed by atoms with Crippen LogP contribution in [0.15, 0.2) is 72.9 Å². The molecule has 2 aromatic carbocycles. The van der Waals surface area contributed by atoms with Crippen molar-refractivity contribution >= 4 is 29.0 Å². The highest BCUT2D eigenvalue weighted by Gasteiger charge is 2.13. The van der Waals surface area contributed by atoms with Crippen LogP contribution in [0.1, 0.15) is 40.0 Å². The van der Waals surface area contributed by atoms with E-state index in [-0.39, 0.29) is 11.8 Å². The number of anilines is 3. The molecule has 0 saturated carbocycles. The van der Waals surface area contributed by atoms with Crippen LogP contribution < -0.4 is 15.5 Å². The third-order valence-corrected chi connectivity index (χ3v) is 5.13. The Labute approximate surface area is 175 Å². The number of nitrogens with zero attached hydrogens (tertiary/aromatic N) is 2. The van der Waals surface area contributed by atoms with E-state index in [0.29, 0.717) is 22.5 Å². The second-order valence-corrected chi connectivity index (χ2v) is 7.30. The molecule has 0 atom stereocenters. The summed E-state index contributed by atoms with van der Waals surface area (Å²) in [4.78, 5) is 31.5. The first-order valence-electron chi connectivity index (χ1n) is 10.2. The van der Waals surface area contributed by atoms with Gasteiger partial charge in [-0.25, -0.2) is 4.98 Å². The molecule has 1 saturated heterocycles. The molecule has 2 N–H and O–H groups in total. The summed E-state index contributed by atoms with van der Waals surface area (Å²) in [7, 11) is 0. The fourth-order valence-electron chi connectivity index (χ4n) is 3.47. The van der Waals surface area contributed by atoms with Crippen LogP contribution in [-0.4, -0.2) is 29.9 Å². The summed E-state index contributed by atoms with van der Waals surface area (Å²) in [6.45, 7) is 2.07. The molecular weight excluding hydrogens is 376 g/mol. The van der Waals surface area contributed by atoms with Crippen molar-refractivity contribution in [1.82, 2.24) is 4.98 Å². The minimum Gasteiger partial charge on any atom is -0.357 e. The second kappa shape index (κ2) is 9.22. The number of nitrogens with one attached hydrogen (secondary N) is 2. The molecule has 0 radical (unpaired) electrons. The van der Waals surface area contributed by atoms with Crippen molar-refractivity contribution in [2.45, 2.75) is 19.3 Å². The smallest absolute Gasteiger partial charge is 0.255 e. The third-order valence-electron chi connectivity index (χ3n) is 5.13. The molecule has 1 aromatic heterocycles. The maximum atomic E-state index is 12.5. The van der Waals surface area contributed by atoms with Crippen molar-refractivity contribution in [3.8, 4) is 0 Å². The number of aromatic nitrogens is 1. The van der Waals surface area contributed by atoms with Crippen molar-refractivity contribution in [2.24, 2.45) is 0 Å². The maximum absolute atomic E-state index is 12.5. The van der Waals surface area contributed by atoms with Gasteiger partial charge in [0.2, 0.25) is 0 Å². The van der Waals surface area contributed by atoms with Crippen LogP contribution in [0.4, 0.5) is 17.2 Å². The van der Waals surface area contributed by atoms with E-state index in [1.807, 2.05) is 30.3 Å². The van der Waals surface area contributed by atoms with E-state index in [1.54, 1.807) is 42.6 Å². The number of carbonyl (C=O) groups excluding carboxylic acids is 2. The molecule has 0 bridgehead atoms. The summed E-state index contributed by atoms with van der Waals surface area (Å²) in [5.41, 5.74) is 2.38. The predicted molar refractivity (Wildman–Crippen MR) is 119 cm³/mol. The van der Waals surface area contributed by atoms with Crippen molar-refractivity contribution in [2.75, 3.05) is 28.6 Å². The molecule has 2 amide bonds. The quantitative estimate of drug-likeness (QED) is 0.658. The number of rotatable bonds is 5. The first-order valence-corrected chi connectivity index (χ1v) is 10.2. The monoisotopic (exact) mass is 400 g/mol. The molecule has 0 spiro atoms. The van der Waals surface area contributed by atoms with Gasteiger partial charge in [0.05, 0.1) is 11.9 Å². The minimum absolute atomic E-state index is 0.187. The Bertz CT molecular complexity index is 996. The normalized spacial score (nSPS) is 13.5. The summed E-state index contributed by atoms with van der Waals surface area (Å²) >= 11 is 0. The average molecular weight is 400 g/mol. The first-order chi connectivity index (χ1) is 14.7. The summed E-state index contributed by atoms with van der Waals surface area (Å²) in [6.07, 6.45) is 5.36. The molecule has 3 aromatic rings. The van der Waals surface area contributed by atoms with Gasteiger partial charge in [-0.05, 0) is 67.8 Å². The Kier molecular flexibility index (Phi) is 6.03. The Morgan fingerprint density at radius 3 is 1.93 bits per heavy atom. The lowest BCUT2D eigenvalue weighted by Crippen LogP contribution is -2.30. The van der Waals surface area contributed by atoms with Gasteiger partial charge in [-0.15, -0.1) is 0 Å². The van der Waals surface area contributed by atoms with Gasteiger partial charge in [-0.3, -0.25) is 9.59 Å². The molecule has 0 unspecified atom stereocenters. The van der Waals surface area contributed by atoms with E-state index in [2.05, 4.69) is 20.5 Å². The van der Waals surface area contributed by atoms with Gasteiger partial charge in [0.15, 0.2) is 0 Å². The van der Waals surface area contributed by atoms with Crippen LogP contribution in [0, 0.1) is 0 Å². The Balaban J connectivity index is 1.35. The topological polar surface area (TPSA) is 74.3 Å². The number of hydrogen-bond acceptors (Lipinski definition) is 4. The molecule has 152 valence electrons. The van der Waals surface area contributed by atoms with Crippen LogP contribution in [0.2, 0.25) is 0 Å². The zero-order chi connectivity index (χ0) is 20.8. The molecule has 30 heavy (non-hydrogen) atoms. The lowest BCUT2D eigenvalue weighted by atomic mass is 10.1. The number of carbonyl (C=O) groups is 2. The predicted octanol–water partition coefficient (Wildman–Crippen LogP) is 4.58. The lowest BCUT2D eigenvalue weighted by Gasteiger charge is -2.27. The molecule has 1 fully saturated rings. The fraction of sp³-hybridized carbons (Fsp3) is 0.208. The molecule has 1 aliphatic rings. The zero-order valence-corrected chi connectivity index (χ0v) is 16.7. The Hall–Kier alpha value is -3.67. The number of hydrogen-bond donors (Lipinski definition) is 2. The van der Waals surface area contributed by atoms with Crippen molar-refractivity contribution in [3.63, 3.8) is 0 Å². The summed E-state index contributed by atoms with van der Waals surface area (Å²) in [6, 6.07) is 19.6. The minimum atomic E-state index is -0.219. The van der Waals surface area contributed by atoms with Gasteiger partial charge >= 0.3 is 0 Å². The summed E-state index contributed by atoms with van der Waals surface area (Å²) in [5.74, 6) is 0.544. The van der Waals surface area contributed by atoms with Crippen LogP contribution in [0.3, 0.4) is 0 Å². The van der Waals surface area contributed by atoms with E-state index in [0.717, 1.165) is 18.9 Å². The highest BCUT2D eigenvalue weighted by atomic mass is 16.2. The lowest BCUT2D eigenvalue weighted by molar-refractivity contribution is 0.102. The first kappa shape index (κ1) is 19.6. The van der Waals surface area contributed by atoms with Crippen LogP contribution in [0.25, 0.3) is 0 Å². The van der Waals surface area contributed by atoms with Gasteiger partial charge in [0.25, 0.3) is 11.8 Å². The van der Waals surface area contributed by atoms with E-state index in [9.17, 15) is 9.59 Å². The summed E-state index contributed by atoms with van der Waals surface area (Å²) < 4.78 is 0. The fourth-order valence-corrected chi connectivity index (χ4v) is 3.47. The Morgan fingerprint density at radius 2 is 1.30 bits per heavy atom. The summed E-state index contributed by atoms with van der Waals surface area (Å²) in [5, 5.41) is 5.69. The zero-order valence-electron chi connectivity index (χ0n) is 16.7.